The molecule has 0 aliphatic rings. The fourth-order valence-electron chi connectivity index (χ4n) is 2.33. The molecule has 0 saturated carbocycles. The van der Waals surface area contributed by atoms with Crippen molar-refractivity contribution in [1.82, 2.24) is 9.55 Å². The van der Waals surface area contributed by atoms with E-state index in [1.54, 1.807) is 18.2 Å². The van der Waals surface area contributed by atoms with E-state index in [1.165, 1.54) is 0 Å². The minimum atomic E-state index is -0.980. The normalized spacial score (nSPS) is 10.9. The molecule has 0 fully saturated rings. The molecule has 0 saturated heterocycles. The number of aryl methyl sites for hydroxylation is 1. The van der Waals surface area contributed by atoms with E-state index in [2.05, 4.69) is 4.98 Å². The topological polar surface area (TPSA) is 55.1 Å². The van der Waals surface area contributed by atoms with E-state index in [0.29, 0.717) is 10.5 Å². The minimum Gasteiger partial charge on any atom is -0.478 e. The van der Waals surface area contributed by atoms with Gasteiger partial charge in [-0.15, -0.1) is 0 Å². The highest BCUT2D eigenvalue weighted by molar-refractivity contribution is 6.30. The highest BCUT2D eigenvalue weighted by atomic mass is 35.5. The van der Waals surface area contributed by atoms with Gasteiger partial charge in [-0.2, -0.15) is 0 Å². The van der Waals surface area contributed by atoms with Gasteiger partial charge in [0.2, 0.25) is 0 Å². The molecular formula is C15H11ClN2O2. The molecule has 1 N–H and O–H groups in total. The maximum atomic E-state index is 11.3. The van der Waals surface area contributed by atoms with E-state index in [1.807, 2.05) is 35.8 Å². The van der Waals surface area contributed by atoms with Crippen molar-refractivity contribution in [2.45, 2.75) is 6.92 Å². The lowest BCUT2D eigenvalue weighted by atomic mass is 10.2. The zero-order chi connectivity index (χ0) is 14.3. The lowest BCUT2D eigenvalue weighted by molar-refractivity contribution is 0.0699. The molecule has 0 radical (unpaired) electrons. The summed E-state index contributed by atoms with van der Waals surface area (Å²) >= 11 is 6.02. The van der Waals surface area contributed by atoms with Gasteiger partial charge in [-0.25, -0.2) is 9.78 Å². The number of aromatic nitrogens is 2. The number of nitrogens with zero attached hydrogens (tertiary/aromatic N) is 2. The van der Waals surface area contributed by atoms with Crippen molar-refractivity contribution in [3.05, 3.63) is 58.9 Å². The van der Waals surface area contributed by atoms with Crippen LogP contribution in [0.15, 0.2) is 42.5 Å². The molecule has 0 atom stereocenters. The summed E-state index contributed by atoms with van der Waals surface area (Å²) in [6.45, 7) is 1.84. The minimum absolute atomic E-state index is 0.200. The fourth-order valence-corrected chi connectivity index (χ4v) is 2.51. The average molecular weight is 287 g/mol. The third-order valence-corrected chi connectivity index (χ3v) is 3.38. The number of aromatic carboxylic acids is 1. The van der Waals surface area contributed by atoms with Crippen LogP contribution in [0.3, 0.4) is 0 Å². The van der Waals surface area contributed by atoms with Gasteiger partial charge in [0.05, 0.1) is 11.1 Å². The Morgan fingerprint density at radius 3 is 2.70 bits per heavy atom. The number of carboxylic acid groups (broad SMARTS) is 1. The van der Waals surface area contributed by atoms with Crippen LogP contribution >= 0.6 is 11.6 Å². The Morgan fingerprint density at radius 2 is 2.00 bits per heavy atom. The number of carbonyl (C=O) groups is 1. The molecule has 1 heterocycles. The summed E-state index contributed by atoms with van der Waals surface area (Å²) in [6, 6.07) is 12.5. The molecule has 3 rings (SSSR count). The highest BCUT2D eigenvalue weighted by Crippen LogP contribution is 2.25. The molecule has 3 aromatic rings. The van der Waals surface area contributed by atoms with E-state index >= 15 is 0 Å². The first-order chi connectivity index (χ1) is 9.58. The lowest BCUT2D eigenvalue weighted by Crippen LogP contribution is -1.98. The highest BCUT2D eigenvalue weighted by Gasteiger charge is 2.15. The van der Waals surface area contributed by atoms with Crippen molar-refractivity contribution in [3.63, 3.8) is 0 Å². The van der Waals surface area contributed by atoms with E-state index in [-0.39, 0.29) is 5.56 Å². The van der Waals surface area contributed by atoms with Gasteiger partial charge in [0, 0.05) is 10.7 Å². The Balaban J connectivity index is 2.35. The van der Waals surface area contributed by atoms with Gasteiger partial charge in [-0.1, -0.05) is 23.7 Å². The van der Waals surface area contributed by atoms with Gasteiger partial charge in [0.15, 0.2) is 0 Å². The van der Waals surface area contributed by atoms with Crippen LogP contribution in [-0.2, 0) is 0 Å². The summed E-state index contributed by atoms with van der Waals surface area (Å²) in [4.78, 5) is 15.6. The first-order valence-corrected chi connectivity index (χ1v) is 6.43. The monoisotopic (exact) mass is 286 g/mol. The van der Waals surface area contributed by atoms with Crippen LogP contribution in [0.1, 0.15) is 16.2 Å². The Labute approximate surface area is 120 Å². The Hall–Kier alpha value is -2.33. The Kier molecular flexibility index (Phi) is 2.95. The predicted molar refractivity (Wildman–Crippen MR) is 77.8 cm³/mol. The summed E-state index contributed by atoms with van der Waals surface area (Å²) in [5.41, 5.74) is 2.30. The Bertz CT molecular complexity index is 824. The van der Waals surface area contributed by atoms with E-state index in [4.69, 9.17) is 11.6 Å². The molecule has 2 aromatic carbocycles. The predicted octanol–water partition coefficient (Wildman–Crippen LogP) is 3.69. The van der Waals surface area contributed by atoms with Crippen molar-refractivity contribution in [1.29, 1.82) is 0 Å². The van der Waals surface area contributed by atoms with Crippen molar-refractivity contribution in [2.24, 2.45) is 0 Å². The molecule has 5 heteroatoms. The van der Waals surface area contributed by atoms with Crippen LogP contribution in [0.5, 0.6) is 0 Å². The second-order valence-corrected chi connectivity index (χ2v) is 4.89. The number of hydrogen-bond donors (Lipinski definition) is 1. The van der Waals surface area contributed by atoms with Gasteiger partial charge in [0.25, 0.3) is 0 Å². The summed E-state index contributed by atoms with van der Waals surface area (Å²) in [5, 5.41) is 9.85. The van der Waals surface area contributed by atoms with Crippen LogP contribution < -0.4 is 0 Å². The second kappa shape index (κ2) is 4.65. The molecule has 0 aliphatic carbocycles. The zero-order valence-electron chi connectivity index (χ0n) is 10.7. The summed E-state index contributed by atoms with van der Waals surface area (Å²) in [7, 11) is 0. The fraction of sp³-hybridized carbons (Fsp3) is 0.0667. The van der Waals surface area contributed by atoms with Gasteiger partial charge in [0.1, 0.15) is 11.3 Å². The molecular weight excluding hydrogens is 276 g/mol. The molecule has 0 unspecified atom stereocenters. The van der Waals surface area contributed by atoms with Crippen LogP contribution in [0.2, 0.25) is 5.02 Å². The maximum Gasteiger partial charge on any atom is 0.337 e. The summed E-state index contributed by atoms with van der Waals surface area (Å²) in [5.74, 6) is -0.262. The molecule has 0 spiro atoms. The quantitative estimate of drug-likeness (QED) is 0.782. The van der Waals surface area contributed by atoms with Crippen molar-refractivity contribution in [2.75, 3.05) is 0 Å². The summed E-state index contributed by atoms with van der Waals surface area (Å²) < 4.78 is 1.90. The zero-order valence-corrected chi connectivity index (χ0v) is 11.4. The molecule has 20 heavy (non-hydrogen) atoms. The van der Waals surface area contributed by atoms with Crippen molar-refractivity contribution >= 4 is 28.6 Å². The van der Waals surface area contributed by atoms with Crippen molar-refractivity contribution < 1.29 is 9.90 Å². The van der Waals surface area contributed by atoms with E-state index < -0.39 is 5.97 Å². The lowest BCUT2D eigenvalue weighted by Gasteiger charge is -2.07. The number of fused-ring (bicyclic) bond motifs is 1. The van der Waals surface area contributed by atoms with Crippen LogP contribution in [0.25, 0.3) is 16.7 Å². The smallest absolute Gasteiger partial charge is 0.337 e. The number of para-hydroxylation sites is 1. The third-order valence-electron chi connectivity index (χ3n) is 3.15. The first-order valence-electron chi connectivity index (χ1n) is 6.05. The second-order valence-electron chi connectivity index (χ2n) is 4.45. The number of hydrogen-bond acceptors (Lipinski definition) is 2. The molecule has 4 nitrogen and oxygen atoms in total. The SMILES string of the molecule is Cc1nc2c(C(=O)O)cccc2n1-c1cccc(Cl)c1. The van der Waals surface area contributed by atoms with Gasteiger partial charge in [-0.05, 0) is 37.3 Å². The first kappa shape index (κ1) is 12.7. The number of rotatable bonds is 2. The maximum absolute atomic E-state index is 11.3. The van der Waals surface area contributed by atoms with E-state index in [9.17, 15) is 9.90 Å². The number of imidazole rings is 1. The molecule has 100 valence electrons. The van der Waals surface area contributed by atoms with Gasteiger partial charge >= 0.3 is 5.97 Å². The van der Waals surface area contributed by atoms with Crippen LogP contribution in [0, 0.1) is 6.92 Å². The Morgan fingerprint density at radius 1 is 1.25 bits per heavy atom. The van der Waals surface area contributed by atoms with E-state index in [0.717, 1.165) is 17.0 Å². The average Bonchev–Trinajstić information content (AvgIpc) is 2.74. The molecule has 0 bridgehead atoms. The van der Waals surface area contributed by atoms with Crippen LogP contribution in [0.4, 0.5) is 0 Å². The molecule has 0 amide bonds. The van der Waals surface area contributed by atoms with Crippen molar-refractivity contribution in [3.8, 4) is 5.69 Å². The van der Waals surface area contributed by atoms with Gasteiger partial charge in [-0.3, -0.25) is 4.57 Å². The van der Waals surface area contributed by atoms with Crippen LogP contribution in [-0.4, -0.2) is 20.6 Å². The largest absolute Gasteiger partial charge is 0.478 e. The van der Waals surface area contributed by atoms with Gasteiger partial charge < -0.3 is 5.11 Å². The molecule has 0 aliphatic heterocycles. The standard InChI is InChI=1S/C15H11ClN2O2/c1-9-17-14-12(15(19)20)6-3-7-13(14)18(9)11-5-2-4-10(16)8-11/h2-8H,1H3,(H,19,20). The summed E-state index contributed by atoms with van der Waals surface area (Å²) in [6.07, 6.45) is 0. The third kappa shape index (κ3) is 1.94. The number of carboxylic acids is 1. The number of halogens is 1. The number of benzene rings is 2. The molecule has 1 aromatic heterocycles.